The molecular weight excluding hydrogens is 309 g/mol. The van der Waals surface area contributed by atoms with E-state index < -0.39 is 0 Å². The fourth-order valence-corrected chi connectivity index (χ4v) is 2.05. The summed E-state index contributed by atoms with van der Waals surface area (Å²) in [5, 5.41) is 0. The second-order valence-electron chi connectivity index (χ2n) is 4.39. The van der Waals surface area contributed by atoms with E-state index in [4.69, 9.17) is 4.74 Å². The van der Waals surface area contributed by atoms with Crippen LogP contribution < -0.4 is 9.64 Å². The van der Waals surface area contributed by atoms with Gasteiger partial charge in [0.2, 0.25) is 0 Å². The summed E-state index contributed by atoms with van der Waals surface area (Å²) in [5.74, 6) is 0.491. The van der Waals surface area contributed by atoms with Gasteiger partial charge in [0.25, 0.3) is 0 Å². The van der Waals surface area contributed by atoms with Crippen molar-refractivity contribution < 1.29 is 9.13 Å². The molecule has 19 heavy (non-hydrogen) atoms. The zero-order valence-corrected chi connectivity index (χ0v) is 12.4. The molecule has 0 saturated heterocycles. The minimum atomic E-state index is -0.275. The average Bonchev–Trinajstić information content (AvgIpc) is 2.41. The van der Waals surface area contributed by atoms with Crippen LogP contribution in [-0.4, -0.2) is 14.1 Å². The Morgan fingerprint density at radius 3 is 2.63 bits per heavy atom. The van der Waals surface area contributed by atoms with E-state index in [9.17, 15) is 4.39 Å². The quantitative estimate of drug-likeness (QED) is 0.834. The molecule has 0 N–H and O–H groups in total. The van der Waals surface area contributed by atoms with E-state index in [2.05, 4.69) is 15.9 Å². The summed E-state index contributed by atoms with van der Waals surface area (Å²) in [7, 11) is 3.95. The maximum Gasteiger partial charge on any atom is 0.137 e. The van der Waals surface area contributed by atoms with Gasteiger partial charge in [-0.3, -0.25) is 0 Å². The lowest BCUT2D eigenvalue weighted by atomic mass is 10.2. The molecular formula is C15H15BrFNO. The van der Waals surface area contributed by atoms with Gasteiger partial charge in [-0.15, -0.1) is 0 Å². The molecule has 0 aromatic heterocycles. The summed E-state index contributed by atoms with van der Waals surface area (Å²) in [6, 6.07) is 12.7. The summed E-state index contributed by atoms with van der Waals surface area (Å²) in [5.41, 5.74) is 1.85. The lowest BCUT2D eigenvalue weighted by Gasteiger charge is -2.14. The SMILES string of the molecule is CN(C)c1cccc(OCc2cccc(F)c2Br)c1. The molecule has 2 nitrogen and oxygen atoms in total. The molecule has 0 saturated carbocycles. The van der Waals surface area contributed by atoms with Gasteiger partial charge in [-0.1, -0.05) is 18.2 Å². The Morgan fingerprint density at radius 2 is 1.89 bits per heavy atom. The molecule has 0 aliphatic rings. The molecule has 0 fully saturated rings. The van der Waals surface area contributed by atoms with Gasteiger partial charge in [-0.05, 0) is 34.1 Å². The molecule has 0 aliphatic carbocycles. The van der Waals surface area contributed by atoms with Crippen LogP contribution in [0.1, 0.15) is 5.56 Å². The summed E-state index contributed by atoms with van der Waals surface area (Å²) < 4.78 is 19.5. The number of hydrogen-bond acceptors (Lipinski definition) is 2. The number of rotatable bonds is 4. The molecule has 0 spiro atoms. The molecule has 100 valence electrons. The van der Waals surface area contributed by atoms with Gasteiger partial charge in [0.05, 0.1) is 4.47 Å². The Morgan fingerprint density at radius 1 is 1.16 bits per heavy atom. The van der Waals surface area contributed by atoms with Crippen LogP contribution in [0.5, 0.6) is 5.75 Å². The highest BCUT2D eigenvalue weighted by atomic mass is 79.9. The second-order valence-corrected chi connectivity index (χ2v) is 5.19. The van der Waals surface area contributed by atoms with Crippen LogP contribution in [0.3, 0.4) is 0 Å². The van der Waals surface area contributed by atoms with Crippen LogP contribution in [0.25, 0.3) is 0 Å². The van der Waals surface area contributed by atoms with Gasteiger partial charge >= 0.3 is 0 Å². The standard InChI is InChI=1S/C15H15BrFNO/c1-18(2)12-6-4-7-13(9-12)19-10-11-5-3-8-14(17)15(11)16/h3-9H,10H2,1-2H3. The normalized spacial score (nSPS) is 10.3. The van der Waals surface area contributed by atoms with E-state index in [0.717, 1.165) is 17.0 Å². The molecule has 0 radical (unpaired) electrons. The van der Waals surface area contributed by atoms with E-state index in [0.29, 0.717) is 11.1 Å². The Labute approximate surface area is 120 Å². The third-order valence-corrected chi connectivity index (χ3v) is 3.65. The van der Waals surface area contributed by atoms with Crippen LogP contribution >= 0.6 is 15.9 Å². The minimum Gasteiger partial charge on any atom is -0.489 e. The Kier molecular flexibility index (Phi) is 4.43. The minimum absolute atomic E-state index is 0.275. The molecule has 0 bridgehead atoms. The summed E-state index contributed by atoms with van der Waals surface area (Å²) >= 11 is 3.23. The van der Waals surface area contributed by atoms with Gasteiger partial charge in [-0.25, -0.2) is 4.39 Å². The van der Waals surface area contributed by atoms with Crippen molar-refractivity contribution in [2.45, 2.75) is 6.61 Å². The lowest BCUT2D eigenvalue weighted by Crippen LogP contribution is -2.08. The summed E-state index contributed by atoms with van der Waals surface area (Å²) in [6.07, 6.45) is 0. The van der Waals surface area contributed by atoms with Crippen LogP contribution in [0.4, 0.5) is 10.1 Å². The highest BCUT2D eigenvalue weighted by molar-refractivity contribution is 9.10. The maximum atomic E-state index is 13.4. The maximum absolute atomic E-state index is 13.4. The van der Waals surface area contributed by atoms with Crippen molar-refractivity contribution in [1.29, 1.82) is 0 Å². The predicted molar refractivity (Wildman–Crippen MR) is 79.2 cm³/mol. The predicted octanol–water partition coefficient (Wildman–Crippen LogP) is 4.23. The van der Waals surface area contributed by atoms with Crippen LogP contribution in [0.2, 0.25) is 0 Å². The van der Waals surface area contributed by atoms with E-state index >= 15 is 0 Å². The first kappa shape index (κ1) is 13.9. The van der Waals surface area contributed by atoms with Crippen LogP contribution in [-0.2, 0) is 6.61 Å². The molecule has 2 aromatic carbocycles. The van der Waals surface area contributed by atoms with Crippen molar-refractivity contribution >= 4 is 21.6 Å². The first-order valence-electron chi connectivity index (χ1n) is 5.91. The highest BCUT2D eigenvalue weighted by Gasteiger charge is 2.06. The number of halogens is 2. The van der Waals surface area contributed by atoms with E-state index in [1.807, 2.05) is 49.3 Å². The molecule has 2 rings (SSSR count). The zero-order valence-electron chi connectivity index (χ0n) is 10.9. The van der Waals surface area contributed by atoms with Gasteiger partial charge < -0.3 is 9.64 Å². The van der Waals surface area contributed by atoms with Crippen molar-refractivity contribution in [3.8, 4) is 5.75 Å². The van der Waals surface area contributed by atoms with Crippen LogP contribution in [0.15, 0.2) is 46.9 Å². The Balaban J connectivity index is 2.10. The average molecular weight is 324 g/mol. The van der Waals surface area contributed by atoms with Crippen molar-refractivity contribution in [2.24, 2.45) is 0 Å². The smallest absolute Gasteiger partial charge is 0.137 e. The molecule has 0 atom stereocenters. The molecule has 0 unspecified atom stereocenters. The molecule has 2 aromatic rings. The first-order valence-corrected chi connectivity index (χ1v) is 6.70. The third-order valence-electron chi connectivity index (χ3n) is 2.76. The number of ether oxygens (including phenoxy) is 1. The van der Waals surface area contributed by atoms with E-state index in [1.165, 1.54) is 6.07 Å². The topological polar surface area (TPSA) is 12.5 Å². The number of anilines is 1. The van der Waals surface area contributed by atoms with Gasteiger partial charge in [-0.2, -0.15) is 0 Å². The largest absolute Gasteiger partial charge is 0.489 e. The van der Waals surface area contributed by atoms with Gasteiger partial charge in [0, 0.05) is 31.4 Å². The second kappa shape index (κ2) is 6.06. The Hall–Kier alpha value is -1.55. The van der Waals surface area contributed by atoms with E-state index in [1.54, 1.807) is 6.07 Å². The van der Waals surface area contributed by atoms with E-state index in [-0.39, 0.29) is 5.82 Å². The summed E-state index contributed by atoms with van der Waals surface area (Å²) in [4.78, 5) is 2.00. The van der Waals surface area contributed by atoms with Gasteiger partial charge in [0.1, 0.15) is 18.2 Å². The fourth-order valence-electron chi connectivity index (χ4n) is 1.67. The molecule has 4 heteroatoms. The molecule has 0 amide bonds. The zero-order chi connectivity index (χ0) is 13.8. The van der Waals surface area contributed by atoms with Gasteiger partial charge in [0.15, 0.2) is 0 Å². The lowest BCUT2D eigenvalue weighted by molar-refractivity contribution is 0.304. The van der Waals surface area contributed by atoms with Crippen molar-refractivity contribution in [2.75, 3.05) is 19.0 Å². The molecule has 0 heterocycles. The number of nitrogens with zero attached hydrogens (tertiary/aromatic N) is 1. The number of hydrogen-bond donors (Lipinski definition) is 0. The first-order chi connectivity index (χ1) is 9.08. The van der Waals surface area contributed by atoms with Crippen LogP contribution in [0, 0.1) is 5.82 Å². The Bertz CT molecular complexity index is 572. The monoisotopic (exact) mass is 323 g/mol. The third kappa shape index (κ3) is 3.47. The number of benzene rings is 2. The fraction of sp³-hybridized carbons (Fsp3) is 0.200. The van der Waals surface area contributed by atoms with Crippen molar-refractivity contribution in [1.82, 2.24) is 0 Å². The highest BCUT2D eigenvalue weighted by Crippen LogP contribution is 2.24. The molecule has 0 aliphatic heterocycles. The van der Waals surface area contributed by atoms with Crippen molar-refractivity contribution in [3.05, 3.63) is 58.3 Å². The van der Waals surface area contributed by atoms with Crippen molar-refractivity contribution in [3.63, 3.8) is 0 Å². The summed E-state index contributed by atoms with van der Waals surface area (Å²) in [6.45, 7) is 0.329.